The first-order valence-corrected chi connectivity index (χ1v) is 5.89. The summed E-state index contributed by atoms with van der Waals surface area (Å²) in [5.74, 6) is 0.235. The SMILES string of the molecule is O=C1CNCCN1CCCc1ccccc1. The minimum atomic E-state index is 0.235. The van der Waals surface area contributed by atoms with Crippen molar-refractivity contribution >= 4 is 5.91 Å². The minimum absolute atomic E-state index is 0.235. The molecular formula is C13H18N2O. The lowest BCUT2D eigenvalue weighted by Gasteiger charge is -2.27. The van der Waals surface area contributed by atoms with E-state index in [4.69, 9.17) is 0 Å². The number of aryl methyl sites for hydroxylation is 1. The van der Waals surface area contributed by atoms with Crippen LogP contribution in [-0.4, -0.2) is 37.0 Å². The molecule has 3 heteroatoms. The quantitative estimate of drug-likeness (QED) is 0.819. The zero-order valence-electron chi connectivity index (χ0n) is 9.48. The number of nitrogens with one attached hydrogen (secondary N) is 1. The molecule has 0 atom stereocenters. The Labute approximate surface area is 96.5 Å². The van der Waals surface area contributed by atoms with E-state index in [1.165, 1.54) is 5.56 Å². The van der Waals surface area contributed by atoms with Gasteiger partial charge in [0.1, 0.15) is 0 Å². The van der Waals surface area contributed by atoms with Crippen LogP contribution in [0.4, 0.5) is 0 Å². The maximum Gasteiger partial charge on any atom is 0.236 e. The molecule has 1 aromatic carbocycles. The van der Waals surface area contributed by atoms with Crippen LogP contribution in [0, 0.1) is 0 Å². The van der Waals surface area contributed by atoms with Gasteiger partial charge in [0.15, 0.2) is 0 Å². The first-order chi connectivity index (χ1) is 7.86. The fraction of sp³-hybridized carbons (Fsp3) is 0.462. The standard InChI is InChI=1S/C13H18N2O/c16-13-11-14-8-10-15(13)9-4-7-12-5-2-1-3-6-12/h1-3,5-6,14H,4,7-11H2. The predicted molar refractivity (Wildman–Crippen MR) is 64.2 cm³/mol. The van der Waals surface area contributed by atoms with E-state index in [-0.39, 0.29) is 5.91 Å². The smallest absolute Gasteiger partial charge is 0.236 e. The fourth-order valence-electron chi connectivity index (χ4n) is 2.00. The molecule has 0 radical (unpaired) electrons. The number of hydrogen-bond donors (Lipinski definition) is 1. The van der Waals surface area contributed by atoms with Gasteiger partial charge in [-0.1, -0.05) is 30.3 Å². The van der Waals surface area contributed by atoms with Crippen LogP contribution < -0.4 is 5.32 Å². The average molecular weight is 218 g/mol. The lowest BCUT2D eigenvalue weighted by atomic mass is 10.1. The third kappa shape index (κ3) is 3.07. The van der Waals surface area contributed by atoms with Gasteiger partial charge in [0.05, 0.1) is 6.54 Å². The normalized spacial score (nSPS) is 16.5. The van der Waals surface area contributed by atoms with Crippen molar-refractivity contribution in [3.05, 3.63) is 35.9 Å². The topological polar surface area (TPSA) is 32.3 Å². The summed E-state index contributed by atoms with van der Waals surface area (Å²) in [5, 5.41) is 3.08. The van der Waals surface area contributed by atoms with Crippen molar-refractivity contribution in [2.75, 3.05) is 26.2 Å². The molecule has 0 aliphatic carbocycles. The van der Waals surface area contributed by atoms with Crippen LogP contribution in [-0.2, 0) is 11.2 Å². The van der Waals surface area contributed by atoms with E-state index in [0.29, 0.717) is 6.54 Å². The maximum absolute atomic E-state index is 11.5. The van der Waals surface area contributed by atoms with Gasteiger partial charge in [0, 0.05) is 19.6 Å². The van der Waals surface area contributed by atoms with E-state index in [2.05, 4.69) is 29.6 Å². The molecule has 16 heavy (non-hydrogen) atoms. The molecule has 1 aliphatic heterocycles. The van der Waals surface area contributed by atoms with Crippen LogP contribution in [0.1, 0.15) is 12.0 Å². The van der Waals surface area contributed by atoms with Gasteiger partial charge in [-0.3, -0.25) is 4.79 Å². The van der Waals surface area contributed by atoms with E-state index in [1.54, 1.807) is 0 Å². The van der Waals surface area contributed by atoms with Crippen LogP contribution in [0.3, 0.4) is 0 Å². The number of carbonyl (C=O) groups excluding carboxylic acids is 1. The van der Waals surface area contributed by atoms with Gasteiger partial charge in [-0.2, -0.15) is 0 Å². The molecule has 86 valence electrons. The van der Waals surface area contributed by atoms with Crippen molar-refractivity contribution < 1.29 is 4.79 Å². The Balaban J connectivity index is 1.73. The van der Waals surface area contributed by atoms with Crippen molar-refractivity contribution in [1.29, 1.82) is 0 Å². The van der Waals surface area contributed by atoms with Gasteiger partial charge in [0.25, 0.3) is 0 Å². The van der Waals surface area contributed by atoms with Gasteiger partial charge in [-0.25, -0.2) is 0 Å². The number of piperazine rings is 1. The summed E-state index contributed by atoms with van der Waals surface area (Å²) in [6.45, 7) is 3.17. The first-order valence-electron chi connectivity index (χ1n) is 5.89. The summed E-state index contributed by atoms with van der Waals surface area (Å²) >= 11 is 0. The maximum atomic E-state index is 11.5. The molecule has 0 unspecified atom stereocenters. The Kier molecular flexibility index (Phi) is 3.94. The predicted octanol–water partition coefficient (Wildman–Crippen LogP) is 1.05. The summed E-state index contributed by atoms with van der Waals surface area (Å²) in [4.78, 5) is 13.5. The van der Waals surface area contributed by atoms with E-state index >= 15 is 0 Å². The summed E-state index contributed by atoms with van der Waals surface area (Å²) in [5.41, 5.74) is 1.35. The van der Waals surface area contributed by atoms with Crippen molar-refractivity contribution in [2.45, 2.75) is 12.8 Å². The van der Waals surface area contributed by atoms with Crippen molar-refractivity contribution in [1.82, 2.24) is 10.2 Å². The van der Waals surface area contributed by atoms with E-state index in [0.717, 1.165) is 32.5 Å². The highest BCUT2D eigenvalue weighted by Crippen LogP contribution is 2.04. The van der Waals surface area contributed by atoms with Gasteiger partial charge < -0.3 is 10.2 Å². The van der Waals surface area contributed by atoms with E-state index < -0.39 is 0 Å². The number of nitrogens with zero attached hydrogens (tertiary/aromatic N) is 1. The number of carbonyl (C=O) groups is 1. The minimum Gasteiger partial charge on any atom is -0.340 e. The summed E-state index contributed by atoms with van der Waals surface area (Å²) < 4.78 is 0. The highest BCUT2D eigenvalue weighted by molar-refractivity contribution is 5.78. The summed E-state index contributed by atoms with van der Waals surface area (Å²) in [7, 11) is 0. The Morgan fingerprint density at radius 1 is 1.25 bits per heavy atom. The third-order valence-corrected chi connectivity index (χ3v) is 2.92. The molecule has 0 spiro atoms. The molecule has 3 nitrogen and oxygen atoms in total. The second-order valence-corrected chi connectivity index (χ2v) is 4.15. The zero-order chi connectivity index (χ0) is 11.2. The number of benzene rings is 1. The highest BCUT2D eigenvalue weighted by Gasteiger charge is 2.16. The van der Waals surface area contributed by atoms with Crippen LogP contribution in [0.5, 0.6) is 0 Å². The average Bonchev–Trinajstić information content (AvgIpc) is 2.33. The lowest BCUT2D eigenvalue weighted by Crippen LogP contribution is -2.48. The summed E-state index contributed by atoms with van der Waals surface area (Å²) in [6, 6.07) is 10.4. The zero-order valence-corrected chi connectivity index (χ0v) is 9.48. The van der Waals surface area contributed by atoms with Gasteiger partial charge in [-0.15, -0.1) is 0 Å². The van der Waals surface area contributed by atoms with Crippen molar-refractivity contribution in [3.63, 3.8) is 0 Å². The molecule has 0 bridgehead atoms. The second kappa shape index (κ2) is 5.66. The van der Waals surface area contributed by atoms with Crippen LogP contribution >= 0.6 is 0 Å². The van der Waals surface area contributed by atoms with Gasteiger partial charge in [-0.05, 0) is 18.4 Å². The Hall–Kier alpha value is -1.35. The molecule has 1 saturated heterocycles. The molecule has 2 rings (SSSR count). The van der Waals surface area contributed by atoms with Crippen LogP contribution in [0.25, 0.3) is 0 Å². The van der Waals surface area contributed by atoms with Gasteiger partial charge >= 0.3 is 0 Å². The summed E-state index contributed by atoms with van der Waals surface area (Å²) in [6.07, 6.45) is 2.10. The van der Waals surface area contributed by atoms with E-state index in [9.17, 15) is 4.79 Å². The number of hydrogen-bond acceptors (Lipinski definition) is 2. The van der Waals surface area contributed by atoms with Crippen LogP contribution in [0.15, 0.2) is 30.3 Å². The molecule has 1 amide bonds. The molecule has 1 aromatic rings. The Morgan fingerprint density at radius 2 is 2.06 bits per heavy atom. The molecule has 1 aliphatic rings. The number of rotatable bonds is 4. The highest BCUT2D eigenvalue weighted by atomic mass is 16.2. The molecule has 1 fully saturated rings. The molecule has 1 heterocycles. The Morgan fingerprint density at radius 3 is 2.81 bits per heavy atom. The number of amides is 1. The molecule has 0 aromatic heterocycles. The fourth-order valence-corrected chi connectivity index (χ4v) is 2.00. The molecule has 0 saturated carbocycles. The van der Waals surface area contributed by atoms with Crippen molar-refractivity contribution in [2.24, 2.45) is 0 Å². The van der Waals surface area contributed by atoms with Crippen molar-refractivity contribution in [3.8, 4) is 0 Å². The molecular weight excluding hydrogens is 200 g/mol. The second-order valence-electron chi connectivity index (χ2n) is 4.15. The van der Waals surface area contributed by atoms with E-state index in [1.807, 2.05) is 11.0 Å². The lowest BCUT2D eigenvalue weighted by molar-refractivity contribution is -0.131. The van der Waals surface area contributed by atoms with Gasteiger partial charge in [0.2, 0.25) is 5.91 Å². The monoisotopic (exact) mass is 218 g/mol. The Bertz CT molecular complexity index is 337. The third-order valence-electron chi connectivity index (χ3n) is 2.92. The first kappa shape index (κ1) is 11.1. The van der Waals surface area contributed by atoms with Crippen LogP contribution in [0.2, 0.25) is 0 Å². The molecule has 1 N–H and O–H groups in total. The largest absolute Gasteiger partial charge is 0.340 e.